The quantitative estimate of drug-likeness (QED) is 0.829. The summed E-state index contributed by atoms with van der Waals surface area (Å²) in [6.45, 7) is 4.51. The van der Waals surface area contributed by atoms with E-state index in [4.69, 9.17) is 4.74 Å². The van der Waals surface area contributed by atoms with Crippen molar-refractivity contribution in [2.75, 3.05) is 19.7 Å². The predicted octanol–water partition coefficient (Wildman–Crippen LogP) is 3.58. The van der Waals surface area contributed by atoms with Gasteiger partial charge in [-0.3, -0.25) is 4.79 Å². The van der Waals surface area contributed by atoms with Crippen LogP contribution in [0.1, 0.15) is 37.7 Å². The molecular formula is C17H22BrNO2. The molecule has 1 aliphatic carbocycles. The van der Waals surface area contributed by atoms with Crippen molar-refractivity contribution in [1.82, 2.24) is 4.90 Å². The Morgan fingerprint density at radius 2 is 1.95 bits per heavy atom. The van der Waals surface area contributed by atoms with E-state index in [0.29, 0.717) is 17.9 Å². The Kier molecular flexibility index (Phi) is 4.65. The van der Waals surface area contributed by atoms with E-state index >= 15 is 0 Å². The first kappa shape index (κ1) is 15.0. The van der Waals surface area contributed by atoms with Gasteiger partial charge in [-0.15, -0.1) is 0 Å². The lowest BCUT2D eigenvalue weighted by Gasteiger charge is -2.32. The summed E-state index contributed by atoms with van der Waals surface area (Å²) in [6.07, 6.45) is 3.32. The molecule has 4 heteroatoms. The largest absolute Gasteiger partial charge is 0.378 e. The predicted molar refractivity (Wildman–Crippen MR) is 86.2 cm³/mol. The minimum absolute atomic E-state index is 0.204. The average molecular weight is 352 g/mol. The van der Waals surface area contributed by atoms with E-state index in [1.54, 1.807) is 0 Å². The first-order valence-electron chi connectivity index (χ1n) is 7.85. The minimum Gasteiger partial charge on any atom is -0.378 e. The summed E-state index contributed by atoms with van der Waals surface area (Å²) in [7, 11) is 0. The van der Waals surface area contributed by atoms with Crippen molar-refractivity contribution in [2.24, 2.45) is 5.92 Å². The zero-order chi connectivity index (χ0) is 14.8. The van der Waals surface area contributed by atoms with Crippen molar-refractivity contribution in [1.29, 1.82) is 0 Å². The second kappa shape index (κ2) is 6.49. The number of rotatable bonds is 4. The molecule has 114 valence electrons. The Labute approximate surface area is 134 Å². The molecule has 1 aliphatic heterocycles. The van der Waals surface area contributed by atoms with E-state index in [1.807, 2.05) is 11.8 Å². The lowest BCUT2D eigenvalue weighted by Crippen LogP contribution is -2.41. The van der Waals surface area contributed by atoms with Crippen LogP contribution in [-0.2, 0) is 9.53 Å². The number of carbonyl (C=O) groups excluding carboxylic acids is 1. The summed E-state index contributed by atoms with van der Waals surface area (Å²) < 4.78 is 6.74. The summed E-state index contributed by atoms with van der Waals surface area (Å²) in [5, 5.41) is 0. The fourth-order valence-corrected chi connectivity index (χ4v) is 3.52. The van der Waals surface area contributed by atoms with Crippen molar-refractivity contribution < 1.29 is 9.53 Å². The molecule has 2 fully saturated rings. The summed E-state index contributed by atoms with van der Waals surface area (Å²) >= 11 is 3.45. The number of carbonyl (C=O) groups is 1. The molecule has 21 heavy (non-hydrogen) atoms. The van der Waals surface area contributed by atoms with Gasteiger partial charge in [0.25, 0.3) is 0 Å². The number of likely N-dealkylation sites (tertiary alicyclic amines) is 1. The molecule has 1 saturated heterocycles. The van der Waals surface area contributed by atoms with Gasteiger partial charge in [-0.05, 0) is 49.8 Å². The fraction of sp³-hybridized carbons (Fsp3) is 0.588. The molecule has 2 aliphatic rings. The number of nitrogens with zero attached hydrogens (tertiary/aromatic N) is 1. The topological polar surface area (TPSA) is 29.5 Å². The van der Waals surface area contributed by atoms with E-state index in [9.17, 15) is 4.79 Å². The normalized spacial score (nSPS) is 25.9. The molecule has 2 atom stereocenters. The van der Waals surface area contributed by atoms with E-state index < -0.39 is 0 Å². The second-order valence-electron chi connectivity index (χ2n) is 5.98. The van der Waals surface area contributed by atoms with Gasteiger partial charge in [0.15, 0.2) is 0 Å². The second-order valence-corrected chi connectivity index (χ2v) is 6.90. The molecule has 1 amide bonds. The molecule has 0 unspecified atom stereocenters. The molecule has 0 spiro atoms. The van der Waals surface area contributed by atoms with Gasteiger partial charge in [0, 0.05) is 30.1 Å². The Hall–Kier alpha value is -0.870. The molecule has 1 aromatic rings. The average Bonchev–Trinajstić information content (AvgIpc) is 3.29. The summed E-state index contributed by atoms with van der Waals surface area (Å²) in [5.41, 5.74) is 1.29. The van der Waals surface area contributed by atoms with Crippen LogP contribution in [0, 0.1) is 5.92 Å². The number of piperidine rings is 1. The maximum Gasteiger partial charge on any atom is 0.226 e. The van der Waals surface area contributed by atoms with Crippen molar-refractivity contribution in [3.63, 3.8) is 0 Å². The molecule has 0 radical (unpaired) electrons. The van der Waals surface area contributed by atoms with Crippen LogP contribution in [0.25, 0.3) is 0 Å². The van der Waals surface area contributed by atoms with Crippen LogP contribution in [0.3, 0.4) is 0 Å². The van der Waals surface area contributed by atoms with Crippen molar-refractivity contribution >= 4 is 21.8 Å². The molecule has 3 nitrogen and oxygen atoms in total. The minimum atomic E-state index is 0.204. The number of benzene rings is 1. The highest BCUT2D eigenvalue weighted by Gasteiger charge is 2.46. The maximum atomic E-state index is 12.6. The molecule has 0 N–H and O–H groups in total. The van der Waals surface area contributed by atoms with Gasteiger partial charge in [0.1, 0.15) is 0 Å². The van der Waals surface area contributed by atoms with Crippen molar-refractivity contribution in [2.45, 2.75) is 38.2 Å². The number of hydrogen-bond donors (Lipinski definition) is 0. The third-order valence-corrected chi connectivity index (χ3v) is 5.09. The zero-order valence-electron chi connectivity index (χ0n) is 12.4. The number of amides is 1. The highest BCUT2D eigenvalue weighted by atomic mass is 79.9. The van der Waals surface area contributed by atoms with Crippen molar-refractivity contribution in [3.05, 3.63) is 34.3 Å². The third kappa shape index (κ3) is 3.49. The Balaban J connectivity index is 1.52. The Morgan fingerprint density at radius 3 is 2.57 bits per heavy atom. The molecule has 3 rings (SSSR count). The number of ether oxygens (including phenoxy) is 1. The Bertz CT molecular complexity index is 494. The fourth-order valence-electron chi connectivity index (χ4n) is 3.26. The lowest BCUT2D eigenvalue weighted by atomic mass is 10.1. The number of halogens is 1. The third-order valence-electron chi connectivity index (χ3n) is 4.56. The van der Waals surface area contributed by atoms with Gasteiger partial charge in [0.2, 0.25) is 5.91 Å². The molecule has 0 aromatic heterocycles. The van der Waals surface area contributed by atoms with E-state index in [-0.39, 0.29) is 5.92 Å². The van der Waals surface area contributed by atoms with Gasteiger partial charge >= 0.3 is 0 Å². The lowest BCUT2D eigenvalue weighted by molar-refractivity contribution is -0.135. The first-order valence-corrected chi connectivity index (χ1v) is 8.64. The van der Waals surface area contributed by atoms with Crippen LogP contribution in [0.2, 0.25) is 0 Å². The van der Waals surface area contributed by atoms with E-state index in [2.05, 4.69) is 40.2 Å². The van der Waals surface area contributed by atoms with Gasteiger partial charge in [-0.1, -0.05) is 28.1 Å². The molecular weight excluding hydrogens is 330 g/mol. The molecule has 1 aromatic carbocycles. The highest BCUT2D eigenvalue weighted by molar-refractivity contribution is 9.10. The van der Waals surface area contributed by atoms with Crippen LogP contribution in [0.5, 0.6) is 0 Å². The van der Waals surface area contributed by atoms with E-state index in [0.717, 1.165) is 43.4 Å². The van der Waals surface area contributed by atoms with Crippen LogP contribution in [0.4, 0.5) is 0 Å². The maximum absolute atomic E-state index is 12.6. The van der Waals surface area contributed by atoms with Gasteiger partial charge < -0.3 is 9.64 Å². The standard InChI is InChI=1S/C17H22BrNO2/c1-2-21-14-7-9-19(10-8-14)17(20)16-11-15(16)12-3-5-13(18)6-4-12/h3-6,14-16H,2,7-11H2,1H3/t15-,16-/m1/s1. The molecule has 0 bridgehead atoms. The van der Waals surface area contributed by atoms with Gasteiger partial charge in [-0.25, -0.2) is 0 Å². The van der Waals surface area contributed by atoms with Crippen molar-refractivity contribution in [3.8, 4) is 0 Å². The summed E-state index contributed by atoms with van der Waals surface area (Å²) in [6, 6.07) is 8.37. The summed E-state index contributed by atoms with van der Waals surface area (Å²) in [4.78, 5) is 14.6. The highest BCUT2D eigenvalue weighted by Crippen LogP contribution is 2.48. The van der Waals surface area contributed by atoms with Crippen LogP contribution in [0.15, 0.2) is 28.7 Å². The zero-order valence-corrected chi connectivity index (χ0v) is 14.0. The van der Waals surface area contributed by atoms with Crippen LogP contribution >= 0.6 is 15.9 Å². The Morgan fingerprint density at radius 1 is 1.29 bits per heavy atom. The molecule has 1 heterocycles. The smallest absolute Gasteiger partial charge is 0.226 e. The van der Waals surface area contributed by atoms with Gasteiger partial charge in [0.05, 0.1) is 6.10 Å². The molecule has 1 saturated carbocycles. The van der Waals surface area contributed by atoms with Gasteiger partial charge in [-0.2, -0.15) is 0 Å². The van der Waals surface area contributed by atoms with Crippen LogP contribution in [-0.4, -0.2) is 36.6 Å². The van der Waals surface area contributed by atoms with E-state index in [1.165, 1.54) is 5.56 Å². The number of hydrogen-bond acceptors (Lipinski definition) is 2. The van der Waals surface area contributed by atoms with Crippen LogP contribution < -0.4 is 0 Å². The monoisotopic (exact) mass is 351 g/mol. The SMILES string of the molecule is CCOC1CCN(C(=O)[C@@H]2C[C@@H]2c2ccc(Br)cc2)CC1. The summed E-state index contributed by atoms with van der Waals surface area (Å²) in [5.74, 6) is 0.975. The first-order chi connectivity index (χ1) is 10.2.